The summed E-state index contributed by atoms with van der Waals surface area (Å²) in [5.41, 5.74) is -2.02. The zero-order valence-corrected chi connectivity index (χ0v) is 17.9. The number of halogens is 4. The van der Waals surface area contributed by atoms with Crippen molar-refractivity contribution in [2.24, 2.45) is 5.41 Å². The summed E-state index contributed by atoms with van der Waals surface area (Å²) < 4.78 is 44.0. The van der Waals surface area contributed by atoms with E-state index >= 15 is 0 Å². The summed E-state index contributed by atoms with van der Waals surface area (Å²) in [5, 5.41) is 12.2. The molecule has 0 aromatic heterocycles. The lowest BCUT2D eigenvalue weighted by atomic mass is 9.84. The maximum atomic E-state index is 12.8. The van der Waals surface area contributed by atoms with Crippen LogP contribution in [-0.2, 0) is 22.2 Å². The summed E-state index contributed by atoms with van der Waals surface area (Å²) >= 11 is 5.91. The number of carbonyl (C=O) groups excluding carboxylic acids is 1. The third kappa shape index (κ3) is 5.86. The lowest BCUT2D eigenvalue weighted by Crippen LogP contribution is -2.39. The normalized spacial score (nSPS) is 11.9. The number of nitro benzene ring substituents is 1. The van der Waals surface area contributed by atoms with Gasteiger partial charge in [0.15, 0.2) is 0 Å². The molecule has 2 rings (SSSR count). The van der Waals surface area contributed by atoms with Crippen LogP contribution in [0.3, 0.4) is 0 Å². The highest BCUT2D eigenvalue weighted by molar-refractivity contribution is 6.32. The second kappa shape index (κ2) is 9.11. The van der Waals surface area contributed by atoms with Crippen molar-refractivity contribution in [3.8, 4) is 11.5 Å². The van der Waals surface area contributed by atoms with Crippen molar-refractivity contribution in [2.45, 2.75) is 26.4 Å². The Kier molecular flexibility index (Phi) is 7.17. The molecule has 2 aromatic rings. The van der Waals surface area contributed by atoms with Crippen LogP contribution >= 0.6 is 11.6 Å². The Labute approximate surface area is 181 Å². The van der Waals surface area contributed by atoms with Gasteiger partial charge in [-0.25, -0.2) is 5.06 Å². The third-order valence-corrected chi connectivity index (χ3v) is 4.80. The Morgan fingerprint density at radius 3 is 2.35 bits per heavy atom. The fraction of sp³-hybridized carbons (Fsp3) is 0.350. The number of benzene rings is 2. The Morgan fingerprint density at radius 2 is 1.84 bits per heavy atom. The molecule has 0 unspecified atom stereocenters. The fourth-order valence-electron chi connectivity index (χ4n) is 2.89. The number of nitrogens with zero attached hydrogens (tertiary/aromatic N) is 2. The summed E-state index contributed by atoms with van der Waals surface area (Å²) in [7, 11) is 2.74. The van der Waals surface area contributed by atoms with Crippen molar-refractivity contribution >= 4 is 23.2 Å². The van der Waals surface area contributed by atoms with Crippen LogP contribution in [0.5, 0.6) is 11.5 Å². The van der Waals surface area contributed by atoms with Crippen LogP contribution in [0.15, 0.2) is 36.4 Å². The molecule has 0 fully saturated rings. The largest absolute Gasteiger partial charge is 0.456 e. The lowest BCUT2D eigenvalue weighted by molar-refractivity contribution is -0.385. The first kappa shape index (κ1) is 24.4. The molecule has 0 saturated heterocycles. The van der Waals surface area contributed by atoms with Crippen molar-refractivity contribution in [3.63, 3.8) is 0 Å². The molecule has 0 spiro atoms. The van der Waals surface area contributed by atoms with E-state index in [1.165, 1.54) is 32.4 Å². The predicted molar refractivity (Wildman–Crippen MR) is 107 cm³/mol. The van der Waals surface area contributed by atoms with Crippen LogP contribution in [0.2, 0.25) is 5.02 Å². The number of hydrogen-bond donors (Lipinski definition) is 0. The van der Waals surface area contributed by atoms with Gasteiger partial charge in [0, 0.05) is 18.7 Å². The van der Waals surface area contributed by atoms with E-state index in [1.54, 1.807) is 13.8 Å². The van der Waals surface area contributed by atoms with Gasteiger partial charge in [0.2, 0.25) is 0 Å². The summed E-state index contributed by atoms with van der Waals surface area (Å²) in [6, 6.07) is 6.46. The van der Waals surface area contributed by atoms with Gasteiger partial charge in [-0.15, -0.1) is 0 Å². The van der Waals surface area contributed by atoms with E-state index in [-0.39, 0.29) is 34.2 Å². The highest BCUT2D eigenvalue weighted by Crippen LogP contribution is 2.38. The van der Waals surface area contributed by atoms with Crippen LogP contribution in [0, 0.1) is 15.5 Å². The van der Waals surface area contributed by atoms with Crippen LogP contribution in [0.4, 0.5) is 18.9 Å². The van der Waals surface area contributed by atoms with Crippen molar-refractivity contribution in [1.82, 2.24) is 5.06 Å². The maximum Gasteiger partial charge on any atom is 0.416 e. The molecule has 0 aliphatic carbocycles. The zero-order valence-electron chi connectivity index (χ0n) is 17.1. The van der Waals surface area contributed by atoms with E-state index in [9.17, 15) is 28.1 Å². The van der Waals surface area contributed by atoms with E-state index in [0.717, 1.165) is 23.3 Å². The minimum atomic E-state index is -4.56. The molecule has 7 nitrogen and oxygen atoms in total. The van der Waals surface area contributed by atoms with E-state index in [4.69, 9.17) is 21.2 Å². The predicted octanol–water partition coefficient (Wildman–Crippen LogP) is 5.65. The van der Waals surface area contributed by atoms with Crippen molar-refractivity contribution in [3.05, 3.63) is 62.7 Å². The van der Waals surface area contributed by atoms with Crippen LogP contribution in [0.25, 0.3) is 0 Å². The number of alkyl halides is 3. The highest BCUT2D eigenvalue weighted by atomic mass is 35.5. The topological polar surface area (TPSA) is 81.9 Å². The molecule has 0 bridgehead atoms. The van der Waals surface area contributed by atoms with Crippen LogP contribution < -0.4 is 4.74 Å². The molecule has 0 aliphatic heterocycles. The lowest BCUT2D eigenvalue weighted by Gasteiger charge is -2.27. The number of carbonyl (C=O) groups is 1. The van der Waals surface area contributed by atoms with E-state index < -0.39 is 28.0 Å². The smallest absolute Gasteiger partial charge is 0.416 e. The Hall–Kier alpha value is -2.85. The number of rotatable bonds is 7. The van der Waals surface area contributed by atoms with Gasteiger partial charge in [-0.3, -0.25) is 19.7 Å². The quantitative estimate of drug-likeness (QED) is 0.394. The van der Waals surface area contributed by atoms with Gasteiger partial charge in [-0.2, -0.15) is 13.2 Å². The zero-order chi connectivity index (χ0) is 23.6. The Balaban J connectivity index is 2.38. The van der Waals surface area contributed by atoms with Crippen molar-refractivity contribution in [2.75, 3.05) is 14.2 Å². The van der Waals surface area contributed by atoms with Gasteiger partial charge >= 0.3 is 6.18 Å². The van der Waals surface area contributed by atoms with Crippen molar-refractivity contribution in [1.29, 1.82) is 0 Å². The average Bonchev–Trinajstić information content (AvgIpc) is 2.67. The first-order valence-corrected chi connectivity index (χ1v) is 9.28. The average molecular weight is 461 g/mol. The molecule has 11 heteroatoms. The number of hydrogen-bond acceptors (Lipinski definition) is 5. The second-order valence-electron chi connectivity index (χ2n) is 7.34. The van der Waals surface area contributed by atoms with Gasteiger partial charge in [0.1, 0.15) is 11.5 Å². The molecule has 168 valence electrons. The summed E-state index contributed by atoms with van der Waals surface area (Å²) in [5.74, 6) is -0.337. The van der Waals surface area contributed by atoms with Gasteiger partial charge in [-0.1, -0.05) is 25.4 Å². The number of nitro groups is 1. The molecule has 1 amide bonds. The molecular weight excluding hydrogens is 441 g/mol. The Morgan fingerprint density at radius 1 is 1.19 bits per heavy atom. The molecule has 31 heavy (non-hydrogen) atoms. The standard InChI is InChI=1S/C20H20ClF3N2O5/c1-19(2,18(27)25(3)30-4)11-12-9-14(6-7-16(12)26(28)29)31-17-8-5-13(10-15(17)21)20(22,23)24/h5-10H,11H2,1-4H3. The second-order valence-corrected chi connectivity index (χ2v) is 7.75. The van der Waals surface area contributed by atoms with Gasteiger partial charge in [0.05, 0.1) is 28.0 Å². The summed E-state index contributed by atoms with van der Waals surface area (Å²) in [6.45, 7) is 3.21. The van der Waals surface area contributed by atoms with Crippen molar-refractivity contribution < 1.29 is 32.5 Å². The molecule has 0 atom stereocenters. The molecular formula is C20H20ClF3N2O5. The molecule has 0 heterocycles. The third-order valence-electron chi connectivity index (χ3n) is 4.51. The van der Waals surface area contributed by atoms with Gasteiger partial charge < -0.3 is 4.74 Å². The first-order chi connectivity index (χ1) is 14.3. The SMILES string of the molecule is CON(C)C(=O)C(C)(C)Cc1cc(Oc2ccc(C(F)(F)F)cc2Cl)ccc1[N+](=O)[O-]. The van der Waals surface area contributed by atoms with E-state index in [1.807, 2.05) is 0 Å². The molecule has 0 radical (unpaired) electrons. The van der Waals surface area contributed by atoms with Crippen LogP contribution in [0.1, 0.15) is 25.0 Å². The van der Waals surface area contributed by atoms with Crippen LogP contribution in [-0.4, -0.2) is 30.1 Å². The summed E-state index contributed by atoms with van der Waals surface area (Å²) in [6.07, 6.45) is -4.58. The molecule has 2 aromatic carbocycles. The molecule has 0 aliphatic rings. The first-order valence-electron chi connectivity index (χ1n) is 8.90. The molecule has 0 N–H and O–H groups in total. The number of amides is 1. The van der Waals surface area contributed by atoms with Gasteiger partial charge in [-0.05, 0) is 36.8 Å². The van der Waals surface area contributed by atoms with E-state index in [0.29, 0.717) is 0 Å². The van der Waals surface area contributed by atoms with Gasteiger partial charge in [0.25, 0.3) is 11.6 Å². The molecule has 0 saturated carbocycles. The number of hydroxylamine groups is 2. The number of ether oxygens (including phenoxy) is 1. The Bertz CT molecular complexity index is 995. The summed E-state index contributed by atoms with van der Waals surface area (Å²) in [4.78, 5) is 28.2. The highest BCUT2D eigenvalue weighted by Gasteiger charge is 2.34. The van der Waals surface area contributed by atoms with E-state index in [2.05, 4.69) is 0 Å². The monoisotopic (exact) mass is 460 g/mol. The minimum Gasteiger partial charge on any atom is -0.456 e. The fourth-order valence-corrected chi connectivity index (χ4v) is 3.11. The maximum absolute atomic E-state index is 12.8. The minimum absolute atomic E-state index is 0.0200.